The van der Waals surface area contributed by atoms with E-state index >= 15 is 0 Å². The molecule has 0 radical (unpaired) electrons. The van der Waals surface area contributed by atoms with Crippen molar-refractivity contribution >= 4 is 5.82 Å². The van der Waals surface area contributed by atoms with E-state index in [-0.39, 0.29) is 23.3 Å². The van der Waals surface area contributed by atoms with Gasteiger partial charge in [0, 0.05) is 18.2 Å². The van der Waals surface area contributed by atoms with Crippen LogP contribution < -0.4 is 16.6 Å². The zero-order valence-electron chi connectivity index (χ0n) is 12.6. The van der Waals surface area contributed by atoms with E-state index in [2.05, 4.69) is 17.2 Å². The molecular weight excluding hydrogens is 254 g/mol. The van der Waals surface area contributed by atoms with Crippen LogP contribution in [0.15, 0.2) is 15.7 Å². The highest BCUT2D eigenvalue weighted by Crippen LogP contribution is 2.27. The van der Waals surface area contributed by atoms with Gasteiger partial charge in [0.15, 0.2) is 0 Å². The first-order chi connectivity index (χ1) is 9.49. The molecule has 1 atom stereocenters. The summed E-state index contributed by atoms with van der Waals surface area (Å²) in [6.07, 6.45) is 6.33. The van der Waals surface area contributed by atoms with Crippen molar-refractivity contribution in [3.05, 3.63) is 26.9 Å². The van der Waals surface area contributed by atoms with Crippen LogP contribution in [0.1, 0.15) is 58.9 Å². The third-order valence-corrected chi connectivity index (χ3v) is 4.22. The first kappa shape index (κ1) is 14.9. The zero-order chi connectivity index (χ0) is 14.7. The third kappa shape index (κ3) is 3.32. The highest BCUT2D eigenvalue weighted by Gasteiger charge is 2.20. The minimum absolute atomic E-state index is 0.129. The highest BCUT2D eigenvalue weighted by molar-refractivity contribution is 5.33. The molecule has 2 rings (SSSR count). The molecule has 1 aromatic heterocycles. The summed E-state index contributed by atoms with van der Waals surface area (Å²) in [6.45, 7) is 5.78. The van der Waals surface area contributed by atoms with Gasteiger partial charge in [-0.3, -0.25) is 14.3 Å². The largest absolute Gasteiger partial charge is 0.369 e. The Kier molecular flexibility index (Phi) is 4.68. The molecule has 1 aromatic rings. The lowest BCUT2D eigenvalue weighted by atomic mass is 9.84. The molecule has 1 fully saturated rings. The molecule has 1 aliphatic rings. The van der Waals surface area contributed by atoms with Gasteiger partial charge < -0.3 is 5.32 Å². The second-order valence-corrected chi connectivity index (χ2v) is 6.12. The molecule has 0 aromatic carbocycles. The van der Waals surface area contributed by atoms with Crippen molar-refractivity contribution in [3.63, 3.8) is 0 Å². The molecular formula is C15H25N3O2. The molecule has 1 unspecified atom stereocenters. The topological polar surface area (TPSA) is 66.9 Å². The lowest BCUT2D eigenvalue weighted by molar-refractivity contribution is 0.328. The van der Waals surface area contributed by atoms with Crippen LogP contribution in [-0.4, -0.2) is 15.6 Å². The van der Waals surface area contributed by atoms with E-state index in [1.54, 1.807) is 0 Å². The third-order valence-electron chi connectivity index (χ3n) is 4.22. The summed E-state index contributed by atoms with van der Waals surface area (Å²) in [6, 6.07) is 1.64. The van der Waals surface area contributed by atoms with E-state index in [1.807, 2.05) is 13.8 Å². The Balaban J connectivity index is 2.14. The summed E-state index contributed by atoms with van der Waals surface area (Å²) in [5.74, 6) is 1.16. The van der Waals surface area contributed by atoms with Gasteiger partial charge >= 0.3 is 5.69 Å². The predicted molar refractivity (Wildman–Crippen MR) is 81.4 cm³/mol. The van der Waals surface area contributed by atoms with E-state index < -0.39 is 0 Å². The summed E-state index contributed by atoms with van der Waals surface area (Å²) in [7, 11) is 0. The van der Waals surface area contributed by atoms with Crippen molar-refractivity contribution in [1.82, 2.24) is 9.55 Å². The number of aromatic amines is 1. The Morgan fingerprint density at radius 2 is 1.85 bits per heavy atom. The smallest absolute Gasteiger partial charge is 0.330 e. The maximum atomic E-state index is 12.0. The molecule has 112 valence electrons. The quantitative estimate of drug-likeness (QED) is 0.890. The molecule has 2 N–H and O–H groups in total. The Hall–Kier alpha value is -1.52. The fraction of sp³-hybridized carbons (Fsp3) is 0.733. The van der Waals surface area contributed by atoms with Crippen LogP contribution in [0.25, 0.3) is 0 Å². The Labute approximate surface area is 119 Å². The van der Waals surface area contributed by atoms with Gasteiger partial charge in [0.05, 0.1) is 0 Å². The van der Waals surface area contributed by atoms with Gasteiger partial charge in [-0.15, -0.1) is 0 Å². The van der Waals surface area contributed by atoms with E-state index in [0.29, 0.717) is 11.7 Å². The molecule has 1 saturated carbocycles. The molecule has 0 amide bonds. The van der Waals surface area contributed by atoms with Crippen molar-refractivity contribution in [2.24, 2.45) is 5.92 Å². The molecule has 1 aliphatic carbocycles. The van der Waals surface area contributed by atoms with Crippen LogP contribution >= 0.6 is 0 Å². The Bertz CT molecular complexity index is 522. The normalized spacial score (nSPS) is 18.2. The number of rotatable bonds is 4. The second kappa shape index (κ2) is 6.29. The van der Waals surface area contributed by atoms with Gasteiger partial charge in [0.2, 0.25) is 0 Å². The first-order valence-electron chi connectivity index (χ1n) is 7.61. The van der Waals surface area contributed by atoms with Gasteiger partial charge in [-0.25, -0.2) is 4.79 Å². The fourth-order valence-corrected chi connectivity index (χ4v) is 3.07. The summed E-state index contributed by atoms with van der Waals surface area (Å²) >= 11 is 0. The van der Waals surface area contributed by atoms with Gasteiger partial charge in [-0.2, -0.15) is 0 Å². The lowest BCUT2D eigenvalue weighted by Gasteiger charge is -2.28. The van der Waals surface area contributed by atoms with Gasteiger partial charge in [0.1, 0.15) is 5.82 Å². The van der Waals surface area contributed by atoms with Crippen molar-refractivity contribution in [2.75, 3.05) is 5.32 Å². The molecule has 0 spiro atoms. The van der Waals surface area contributed by atoms with E-state index in [9.17, 15) is 9.59 Å². The van der Waals surface area contributed by atoms with Gasteiger partial charge in [-0.1, -0.05) is 19.3 Å². The van der Waals surface area contributed by atoms with Crippen molar-refractivity contribution in [1.29, 1.82) is 0 Å². The number of aromatic nitrogens is 2. The zero-order valence-corrected chi connectivity index (χ0v) is 12.6. The molecule has 5 nitrogen and oxygen atoms in total. The fourth-order valence-electron chi connectivity index (χ4n) is 3.07. The molecule has 0 saturated heterocycles. The number of nitrogens with zero attached hydrogens (tertiary/aromatic N) is 1. The van der Waals surface area contributed by atoms with Crippen LogP contribution in [0.4, 0.5) is 5.82 Å². The van der Waals surface area contributed by atoms with Gasteiger partial charge in [0.25, 0.3) is 5.56 Å². The summed E-state index contributed by atoms with van der Waals surface area (Å²) in [5, 5.41) is 3.29. The SMILES string of the molecule is CC(Nc1cc(=O)n(C(C)C)c(=O)[nH]1)C1CCCCC1. The lowest BCUT2D eigenvalue weighted by Crippen LogP contribution is -2.37. The predicted octanol–water partition coefficient (Wildman–Crippen LogP) is 2.50. The van der Waals surface area contributed by atoms with Crippen molar-refractivity contribution in [3.8, 4) is 0 Å². The average Bonchev–Trinajstić information content (AvgIpc) is 2.38. The van der Waals surface area contributed by atoms with E-state index in [4.69, 9.17) is 0 Å². The molecule has 1 heterocycles. The van der Waals surface area contributed by atoms with Crippen molar-refractivity contribution < 1.29 is 0 Å². The number of hydrogen-bond acceptors (Lipinski definition) is 3. The summed E-state index contributed by atoms with van der Waals surface area (Å²) in [4.78, 5) is 26.7. The van der Waals surface area contributed by atoms with Gasteiger partial charge in [-0.05, 0) is 39.5 Å². The molecule has 5 heteroatoms. The minimum atomic E-state index is -0.342. The molecule has 0 bridgehead atoms. The maximum Gasteiger partial charge on any atom is 0.330 e. The summed E-state index contributed by atoms with van der Waals surface area (Å²) in [5.41, 5.74) is -0.590. The average molecular weight is 279 g/mol. The minimum Gasteiger partial charge on any atom is -0.369 e. The highest BCUT2D eigenvalue weighted by atomic mass is 16.2. The second-order valence-electron chi connectivity index (χ2n) is 6.12. The molecule has 20 heavy (non-hydrogen) atoms. The number of hydrogen-bond donors (Lipinski definition) is 2. The van der Waals surface area contributed by atoms with Crippen LogP contribution in [0.5, 0.6) is 0 Å². The van der Waals surface area contributed by atoms with Crippen molar-refractivity contribution in [2.45, 2.75) is 65.0 Å². The van der Waals surface area contributed by atoms with Crippen LogP contribution in [0, 0.1) is 5.92 Å². The Morgan fingerprint density at radius 3 is 2.40 bits per heavy atom. The van der Waals surface area contributed by atoms with E-state index in [0.717, 1.165) is 0 Å². The first-order valence-corrected chi connectivity index (χ1v) is 7.61. The van der Waals surface area contributed by atoms with Crippen LogP contribution in [0.2, 0.25) is 0 Å². The van der Waals surface area contributed by atoms with E-state index in [1.165, 1.54) is 42.7 Å². The number of H-pyrrole nitrogens is 1. The Morgan fingerprint density at radius 1 is 1.20 bits per heavy atom. The standard InChI is InChI=1S/C15H25N3O2/c1-10(2)18-14(19)9-13(17-15(18)20)16-11(3)12-7-5-4-6-8-12/h9-12,16H,4-8H2,1-3H3,(H,17,20). The molecule has 0 aliphatic heterocycles. The van der Waals surface area contributed by atoms with Crippen LogP contribution in [-0.2, 0) is 0 Å². The van der Waals surface area contributed by atoms with Crippen LogP contribution in [0.3, 0.4) is 0 Å². The monoisotopic (exact) mass is 279 g/mol. The number of nitrogens with one attached hydrogen (secondary N) is 2. The number of anilines is 1. The maximum absolute atomic E-state index is 12.0. The summed E-state index contributed by atoms with van der Waals surface area (Å²) < 4.78 is 1.23.